The summed E-state index contributed by atoms with van der Waals surface area (Å²) < 4.78 is 31.4. The Morgan fingerprint density at radius 3 is 2.43 bits per heavy atom. The van der Waals surface area contributed by atoms with Crippen molar-refractivity contribution in [2.45, 2.75) is 32.9 Å². The van der Waals surface area contributed by atoms with Crippen LogP contribution in [0.4, 0.5) is 11.4 Å². The van der Waals surface area contributed by atoms with Gasteiger partial charge in [-0.05, 0) is 36.6 Å². The van der Waals surface area contributed by atoms with Crippen molar-refractivity contribution in [3.63, 3.8) is 0 Å². The summed E-state index contributed by atoms with van der Waals surface area (Å²) in [5.74, 6) is -0.478. The third-order valence-corrected chi connectivity index (χ3v) is 6.60. The Bertz CT molecular complexity index is 1200. The lowest BCUT2D eigenvalue weighted by Gasteiger charge is -2.33. The van der Waals surface area contributed by atoms with Crippen molar-refractivity contribution in [1.82, 2.24) is 10.2 Å². The molecular weight excluding hydrogens is 476 g/mol. The fourth-order valence-corrected chi connectivity index (χ4v) is 4.53. The molecule has 0 heterocycles. The third-order valence-electron chi connectivity index (χ3n) is 5.47. The number of anilines is 1. The van der Waals surface area contributed by atoms with Crippen LogP contribution in [-0.2, 0) is 26.2 Å². The van der Waals surface area contributed by atoms with E-state index in [0.717, 1.165) is 16.6 Å². The summed E-state index contributed by atoms with van der Waals surface area (Å²) in [6, 6.07) is 9.89. The maximum Gasteiger partial charge on any atom is 0.271 e. The molecular formula is C23H30N4O7S. The first-order valence-electron chi connectivity index (χ1n) is 10.8. The number of nitro groups is 1. The molecule has 0 aliphatic rings. The average molecular weight is 507 g/mol. The van der Waals surface area contributed by atoms with Crippen molar-refractivity contribution in [2.75, 3.05) is 31.3 Å². The molecule has 190 valence electrons. The smallest absolute Gasteiger partial charge is 0.271 e. The van der Waals surface area contributed by atoms with E-state index in [-0.39, 0.29) is 24.3 Å². The Morgan fingerprint density at radius 2 is 1.89 bits per heavy atom. The lowest BCUT2D eigenvalue weighted by molar-refractivity contribution is -0.384. The van der Waals surface area contributed by atoms with Gasteiger partial charge in [-0.25, -0.2) is 8.42 Å². The Morgan fingerprint density at radius 1 is 1.20 bits per heavy atom. The number of nitrogens with one attached hydrogen (secondary N) is 1. The maximum absolute atomic E-state index is 13.6. The van der Waals surface area contributed by atoms with Crippen LogP contribution >= 0.6 is 0 Å². The highest BCUT2D eigenvalue weighted by Crippen LogP contribution is 2.28. The van der Waals surface area contributed by atoms with Crippen LogP contribution in [0.2, 0.25) is 0 Å². The molecule has 0 fully saturated rings. The lowest BCUT2D eigenvalue weighted by Crippen LogP contribution is -2.51. The van der Waals surface area contributed by atoms with Crippen molar-refractivity contribution < 1.29 is 27.7 Å². The highest BCUT2D eigenvalue weighted by Gasteiger charge is 2.32. The van der Waals surface area contributed by atoms with Crippen LogP contribution in [0.5, 0.6) is 5.75 Å². The number of likely N-dealkylation sites (N-methyl/N-ethyl adjacent to an activating group) is 1. The van der Waals surface area contributed by atoms with E-state index in [1.165, 1.54) is 31.2 Å². The number of amides is 2. The van der Waals surface area contributed by atoms with Gasteiger partial charge in [0.1, 0.15) is 18.3 Å². The second-order valence-electron chi connectivity index (χ2n) is 7.91. The number of carbonyl (C=O) groups excluding carboxylic acids is 2. The van der Waals surface area contributed by atoms with Gasteiger partial charge < -0.3 is 15.0 Å². The summed E-state index contributed by atoms with van der Waals surface area (Å²) in [4.78, 5) is 38.1. The quantitative estimate of drug-likeness (QED) is 0.364. The molecule has 2 rings (SSSR count). The monoisotopic (exact) mass is 506 g/mol. The number of hydrogen-bond donors (Lipinski definition) is 1. The highest BCUT2D eigenvalue weighted by atomic mass is 32.2. The van der Waals surface area contributed by atoms with Gasteiger partial charge >= 0.3 is 0 Å². The predicted molar refractivity (Wildman–Crippen MR) is 132 cm³/mol. The van der Waals surface area contributed by atoms with Gasteiger partial charge in [0.25, 0.3) is 5.69 Å². The molecule has 1 atom stereocenters. The molecule has 0 saturated carbocycles. The van der Waals surface area contributed by atoms with Crippen molar-refractivity contribution in [2.24, 2.45) is 0 Å². The number of sulfonamides is 1. The van der Waals surface area contributed by atoms with Crippen LogP contribution in [0, 0.1) is 17.0 Å². The zero-order chi connectivity index (χ0) is 26.3. The maximum atomic E-state index is 13.6. The van der Waals surface area contributed by atoms with Crippen LogP contribution in [0.25, 0.3) is 0 Å². The van der Waals surface area contributed by atoms with E-state index in [9.17, 15) is 28.1 Å². The fourth-order valence-electron chi connectivity index (χ4n) is 3.63. The Labute approximate surface area is 204 Å². The summed E-state index contributed by atoms with van der Waals surface area (Å²) in [5.41, 5.74) is 0.824. The van der Waals surface area contributed by atoms with E-state index in [4.69, 9.17) is 4.74 Å². The molecule has 0 saturated heterocycles. The Kier molecular flexibility index (Phi) is 9.18. The van der Waals surface area contributed by atoms with Crippen LogP contribution in [0.1, 0.15) is 24.5 Å². The van der Waals surface area contributed by atoms with Crippen molar-refractivity contribution in [1.29, 1.82) is 0 Å². The van der Waals surface area contributed by atoms with Crippen molar-refractivity contribution >= 4 is 33.2 Å². The molecule has 0 aromatic heterocycles. The zero-order valence-electron chi connectivity index (χ0n) is 20.3. The first-order chi connectivity index (χ1) is 16.4. The minimum absolute atomic E-state index is 0.0179. The summed E-state index contributed by atoms with van der Waals surface area (Å²) in [5, 5.41) is 13.8. The molecule has 0 aliphatic heterocycles. The van der Waals surface area contributed by atoms with Crippen molar-refractivity contribution in [3.8, 4) is 5.75 Å². The van der Waals surface area contributed by atoms with Gasteiger partial charge in [0.15, 0.2) is 0 Å². The molecule has 0 spiro atoms. The van der Waals surface area contributed by atoms with Crippen molar-refractivity contribution in [3.05, 3.63) is 63.7 Å². The molecule has 1 unspecified atom stereocenters. The third kappa shape index (κ3) is 6.92. The summed E-state index contributed by atoms with van der Waals surface area (Å²) in [7, 11) is -1.05. The van der Waals surface area contributed by atoms with Gasteiger partial charge in [0.2, 0.25) is 21.8 Å². The number of nitrogens with zero attached hydrogens (tertiary/aromatic N) is 3. The molecule has 35 heavy (non-hydrogen) atoms. The van der Waals surface area contributed by atoms with Gasteiger partial charge in [0, 0.05) is 25.7 Å². The first kappa shape index (κ1) is 27.6. The number of non-ortho nitro benzene ring substituents is 1. The number of hydrogen-bond acceptors (Lipinski definition) is 7. The minimum Gasteiger partial charge on any atom is -0.497 e. The zero-order valence-corrected chi connectivity index (χ0v) is 21.2. The van der Waals surface area contributed by atoms with Gasteiger partial charge in [-0.1, -0.05) is 25.1 Å². The van der Waals surface area contributed by atoms with E-state index >= 15 is 0 Å². The number of methoxy groups -OCH3 is 1. The summed E-state index contributed by atoms with van der Waals surface area (Å²) in [6.07, 6.45) is 1.20. The molecule has 0 aliphatic carbocycles. The molecule has 2 aromatic carbocycles. The second-order valence-corrected chi connectivity index (χ2v) is 9.82. The molecule has 2 aromatic rings. The number of benzene rings is 2. The molecule has 2 amide bonds. The molecule has 1 N–H and O–H groups in total. The van der Waals surface area contributed by atoms with Gasteiger partial charge in [-0.15, -0.1) is 0 Å². The fraction of sp³-hybridized carbons (Fsp3) is 0.391. The van der Waals surface area contributed by atoms with Gasteiger partial charge in [-0.3, -0.25) is 24.0 Å². The van der Waals surface area contributed by atoms with E-state index in [2.05, 4.69) is 5.32 Å². The molecule has 0 bridgehead atoms. The van der Waals surface area contributed by atoms with Crippen LogP contribution in [0.3, 0.4) is 0 Å². The first-order valence-corrected chi connectivity index (χ1v) is 12.6. The van der Waals surface area contributed by atoms with Crippen LogP contribution < -0.4 is 14.4 Å². The topological polar surface area (TPSA) is 139 Å². The lowest BCUT2D eigenvalue weighted by atomic mass is 10.1. The van der Waals surface area contributed by atoms with E-state index in [1.54, 1.807) is 38.1 Å². The van der Waals surface area contributed by atoms with Gasteiger partial charge in [-0.2, -0.15) is 0 Å². The summed E-state index contributed by atoms with van der Waals surface area (Å²) in [6.45, 7) is 2.71. The average Bonchev–Trinajstić information content (AvgIpc) is 2.81. The number of rotatable bonds is 11. The number of carbonyl (C=O) groups is 2. The Balaban J connectivity index is 2.52. The summed E-state index contributed by atoms with van der Waals surface area (Å²) >= 11 is 0. The SMILES string of the molecule is CCC(C(=O)NC)N(Cc1cccc(OC)c1)C(=O)CN(c1cc([N+](=O)[O-])ccc1C)S(C)(=O)=O. The second kappa shape index (κ2) is 11.6. The van der Waals surface area contributed by atoms with E-state index in [0.29, 0.717) is 16.9 Å². The molecule has 0 radical (unpaired) electrons. The normalized spacial score (nSPS) is 11.9. The Hall–Kier alpha value is -3.67. The van der Waals surface area contributed by atoms with Crippen LogP contribution in [0.15, 0.2) is 42.5 Å². The van der Waals surface area contributed by atoms with Gasteiger partial charge in [0.05, 0.1) is 24.0 Å². The highest BCUT2D eigenvalue weighted by molar-refractivity contribution is 7.92. The van der Waals surface area contributed by atoms with E-state index in [1.807, 2.05) is 0 Å². The molecule has 12 heteroatoms. The van der Waals surface area contributed by atoms with E-state index < -0.39 is 39.3 Å². The predicted octanol–water partition coefficient (Wildman–Crippen LogP) is 2.23. The standard InChI is InChI=1S/C23H30N4O7S/c1-6-20(23(29)24-3)25(14-17-8-7-9-19(12-17)34-4)22(28)15-26(35(5,32)33)21-13-18(27(30)31)11-10-16(21)2/h7-13,20H,6,14-15H2,1-5H3,(H,24,29). The van der Waals surface area contributed by atoms with Crippen LogP contribution in [-0.4, -0.2) is 63.1 Å². The minimum atomic E-state index is -4.01. The molecule has 11 nitrogen and oxygen atoms in total. The number of nitro benzene ring substituents is 1. The largest absolute Gasteiger partial charge is 0.497 e. The number of ether oxygens (including phenoxy) is 1. The number of aryl methyl sites for hydroxylation is 1.